The number of carbonyl (C=O) groups excluding carboxylic acids is 1. The first-order chi connectivity index (χ1) is 8.88. The van der Waals surface area contributed by atoms with Gasteiger partial charge in [-0.05, 0) is 24.1 Å². The summed E-state index contributed by atoms with van der Waals surface area (Å²) in [4.78, 5) is 11.0. The SMILES string of the molecule is CC(=O)NCc1ccc(S(=O)(=O)NC2CC2N)cc1. The third-order valence-corrected chi connectivity index (χ3v) is 4.43. The molecule has 19 heavy (non-hydrogen) atoms. The van der Waals surface area contributed by atoms with Gasteiger partial charge in [-0.1, -0.05) is 12.1 Å². The van der Waals surface area contributed by atoms with Crippen molar-refractivity contribution in [1.82, 2.24) is 10.0 Å². The van der Waals surface area contributed by atoms with Gasteiger partial charge in [0.25, 0.3) is 0 Å². The number of nitrogens with one attached hydrogen (secondary N) is 2. The molecule has 2 unspecified atom stereocenters. The lowest BCUT2D eigenvalue weighted by Crippen LogP contribution is -2.29. The van der Waals surface area contributed by atoms with Crippen LogP contribution in [0.4, 0.5) is 0 Å². The molecule has 0 saturated heterocycles. The minimum absolute atomic E-state index is 0.0752. The minimum atomic E-state index is -3.50. The molecule has 7 heteroatoms. The highest BCUT2D eigenvalue weighted by molar-refractivity contribution is 7.89. The van der Waals surface area contributed by atoms with E-state index in [2.05, 4.69) is 10.0 Å². The molecule has 104 valence electrons. The van der Waals surface area contributed by atoms with E-state index in [1.807, 2.05) is 0 Å². The maximum atomic E-state index is 12.0. The number of sulfonamides is 1. The van der Waals surface area contributed by atoms with Crippen LogP contribution >= 0.6 is 0 Å². The van der Waals surface area contributed by atoms with Gasteiger partial charge in [0.05, 0.1) is 4.90 Å². The molecule has 0 spiro atoms. The Morgan fingerprint density at radius 3 is 2.42 bits per heavy atom. The Balaban J connectivity index is 2.02. The predicted molar refractivity (Wildman–Crippen MR) is 70.7 cm³/mol. The molecule has 0 bridgehead atoms. The fraction of sp³-hybridized carbons (Fsp3) is 0.417. The number of benzene rings is 1. The van der Waals surface area contributed by atoms with Crippen molar-refractivity contribution in [3.05, 3.63) is 29.8 Å². The average molecular weight is 283 g/mol. The number of nitrogens with two attached hydrogens (primary N) is 1. The number of carbonyl (C=O) groups is 1. The van der Waals surface area contributed by atoms with E-state index >= 15 is 0 Å². The average Bonchev–Trinajstić information content (AvgIpc) is 3.02. The third-order valence-electron chi connectivity index (χ3n) is 2.92. The van der Waals surface area contributed by atoms with Crippen molar-refractivity contribution in [2.45, 2.75) is 36.9 Å². The van der Waals surface area contributed by atoms with Crippen molar-refractivity contribution in [3.8, 4) is 0 Å². The Bertz CT molecular complexity index is 568. The van der Waals surface area contributed by atoms with Crippen molar-refractivity contribution in [2.24, 2.45) is 5.73 Å². The van der Waals surface area contributed by atoms with E-state index in [1.54, 1.807) is 12.1 Å². The van der Waals surface area contributed by atoms with Gasteiger partial charge in [-0.2, -0.15) is 0 Å². The zero-order valence-electron chi connectivity index (χ0n) is 10.6. The number of hydrogen-bond acceptors (Lipinski definition) is 4. The molecule has 0 radical (unpaired) electrons. The lowest BCUT2D eigenvalue weighted by Gasteiger charge is -2.07. The second-order valence-electron chi connectivity index (χ2n) is 4.68. The molecule has 1 aromatic rings. The third kappa shape index (κ3) is 3.76. The lowest BCUT2D eigenvalue weighted by molar-refractivity contribution is -0.119. The molecular formula is C12H17N3O3S. The van der Waals surface area contributed by atoms with E-state index in [1.165, 1.54) is 19.1 Å². The maximum Gasteiger partial charge on any atom is 0.240 e. The second kappa shape index (κ2) is 5.28. The fourth-order valence-electron chi connectivity index (χ4n) is 1.63. The molecule has 6 nitrogen and oxygen atoms in total. The van der Waals surface area contributed by atoms with Crippen LogP contribution in [0.3, 0.4) is 0 Å². The molecule has 1 aliphatic carbocycles. The Morgan fingerprint density at radius 1 is 1.37 bits per heavy atom. The number of rotatable bonds is 5. The quantitative estimate of drug-likeness (QED) is 0.690. The highest BCUT2D eigenvalue weighted by atomic mass is 32.2. The summed E-state index contributed by atoms with van der Waals surface area (Å²) < 4.78 is 26.5. The smallest absolute Gasteiger partial charge is 0.240 e. The van der Waals surface area contributed by atoms with Crippen LogP contribution in [0.5, 0.6) is 0 Å². The molecule has 1 aromatic carbocycles. The van der Waals surface area contributed by atoms with Gasteiger partial charge in [0, 0.05) is 25.6 Å². The summed E-state index contributed by atoms with van der Waals surface area (Å²) in [6.07, 6.45) is 0.680. The molecule has 1 fully saturated rings. The van der Waals surface area contributed by atoms with Crippen molar-refractivity contribution in [2.75, 3.05) is 0 Å². The zero-order chi connectivity index (χ0) is 14.0. The second-order valence-corrected chi connectivity index (χ2v) is 6.40. The molecule has 0 heterocycles. The van der Waals surface area contributed by atoms with Crippen LogP contribution in [0.1, 0.15) is 18.9 Å². The normalized spacial score (nSPS) is 22.0. The molecule has 4 N–H and O–H groups in total. The number of hydrogen-bond donors (Lipinski definition) is 3. The van der Waals surface area contributed by atoms with E-state index in [0.717, 1.165) is 5.56 Å². The van der Waals surface area contributed by atoms with Crippen LogP contribution in [0.25, 0.3) is 0 Å². The highest BCUT2D eigenvalue weighted by Crippen LogP contribution is 2.21. The Morgan fingerprint density at radius 2 is 1.95 bits per heavy atom. The van der Waals surface area contributed by atoms with E-state index < -0.39 is 10.0 Å². The van der Waals surface area contributed by atoms with Gasteiger partial charge in [-0.15, -0.1) is 0 Å². The van der Waals surface area contributed by atoms with E-state index in [0.29, 0.717) is 13.0 Å². The van der Waals surface area contributed by atoms with Crippen LogP contribution in [-0.4, -0.2) is 26.4 Å². The topological polar surface area (TPSA) is 101 Å². The van der Waals surface area contributed by atoms with Gasteiger partial charge in [0.15, 0.2) is 0 Å². The minimum Gasteiger partial charge on any atom is -0.352 e. The van der Waals surface area contributed by atoms with Crippen LogP contribution in [0.15, 0.2) is 29.2 Å². The van der Waals surface area contributed by atoms with E-state index in [9.17, 15) is 13.2 Å². The Hall–Kier alpha value is -1.44. The standard InChI is InChI=1S/C12H17N3O3S/c1-8(16)14-7-9-2-4-10(5-3-9)19(17,18)15-12-6-11(12)13/h2-5,11-12,15H,6-7,13H2,1H3,(H,14,16). The molecule has 1 aliphatic rings. The summed E-state index contributed by atoms with van der Waals surface area (Å²) in [5.41, 5.74) is 6.42. The number of amides is 1. The van der Waals surface area contributed by atoms with Gasteiger partial charge in [0.1, 0.15) is 0 Å². The van der Waals surface area contributed by atoms with Gasteiger partial charge in [-0.25, -0.2) is 13.1 Å². The summed E-state index contributed by atoms with van der Waals surface area (Å²) in [5, 5.41) is 2.65. The summed E-state index contributed by atoms with van der Waals surface area (Å²) in [5.74, 6) is -0.124. The van der Waals surface area contributed by atoms with Gasteiger partial charge in [0.2, 0.25) is 15.9 Å². The molecule has 2 rings (SSSR count). The summed E-state index contributed by atoms with van der Waals surface area (Å²) in [6.45, 7) is 1.82. The predicted octanol–water partition coefficient (Wildman–Crippen LogP) is -0.299. The lowest BCUT2D eigenvalue weighted by atomic mass is 10.2. The first-order valence-electron chi connectivity index (χ1n) is 6.00. The molecule has 0 aliphatic heterocycles. The zero-order valence-corrected chi connectivity index (χ0v) is 11.4. The van der Waals surface area contributed by atoms with Gasteiger partial charge in [-0.3, -0.25) is 4.79 Å². The van der Waals surface area contributed by atoms with E-state index in [-0.39, 0.29) is 22.9 Å². The summed E-state index contributed by atoms with van der Waals surface area (Å²) in [7, 11) is -3.50. The first-order valence-corrected chi connectivity index (χ1v) is 7.48. The van der Waals surface area contributed by atoms with Gasteiger partial charge >= 0.3 is 0 Å². The molecule has 1 saturated carbocycles. The maximum absolute atomic E-state index is 12.0. The van der Waals surface area contributed by atoms with Crippen LogP contribution in [0, 0.1) is 0 Å². The van der Waals surface area contributed by atoms with Crippen molar-refractivity contribution < 1.29 is 13.2 Å². The molecular weight excluding hydrogens is 266 g/mol. The van der Waals surface area contributed by atoms with Crippen LogP contribution in [0.2, 0.25) is 0 Å². The van der Waals surface area contributed by atoms with Crippen molar-refractivity contribution >= 4 is 15.9 Å². The van der Waals surface area contributed by atoms with Crippen LogP contribution in [-0.2, 0) is 21.4 Å². The Labute approximate surface area is 112 Å². The molecule has 2 atom stereocenters. The van der Waals surface area contributed by atoms with Crippen LogP contribution < -0.4 is 15.8 Å². The Kier molecular flexibility index (Phi) is 3.88. The molecule has 0 aromatic heterocycles. The van der Waals surface area contributed by atoms with E-state index in [4.69, 9.17) is 5.73 Å². The monoisotopic (exact) mass is 283 g/mol. The molecule has 1 amide bonds. The first kappa shape index (κ1) is 14.0. The summed E-state index contributed by atoms with van der Waals surface area (Å²) >= 11 is 0. The van der Waals surface area contributed by atoms with Crippen molar-refractivity contribution in [1.29, 1.82) is 0 Å². The fourth-order valence-corrected chi connectivity index (χ4v) is 2.93. The summed E-state index contributed by atoms with van der Waals surface area (Å²) in [6, 6.07) is 6.17. The van der Waals surface area contributed by atoms with Crippen molar-refractivity contribution in [3.63, 3.8) is 0 Å². The highest BCUT2D eigenvalue weighted by Gasteiger charge is 2.37. The largest absolute Gasteiger partial charge is 0.352 e. The van der Waals surface area contributed by atoms with Gasteiger partial charge < -0.3 is 11.1 Å².